The Labute approximate surface area is 197 Å². The molecule has 0 spiro atoms. The van der Waals surface area contributed by atoms with Crippen molar-refractivity contribution in [1.29, 1.82) is 0 Å². The highest BCUT2D eigenvalue weighted by Gasteiger charge is 2.32. The smallest absolute Gasteiger partial charge is 0.326 e. The lowest BCUT2D eigenvalue weighted by Crippen LogP contribution is -2.59. The van der Waals surface area contributed by atoms with Crippen LogP contribution in [0.2, 0.25) is 0 Å². The fourth-order valence-electron chi connectivity index (χ4n) is 2.88. The number of aliphatic hydroxyl groups excluding tert-OH is 1. The molecule has 5 unspecified atom stereocenters. The molecule has 0 aliphatic carbocycles. The Kier molecular flexibility index (Phi) is 13.4. The van der Waals surface area contributed by atoms with Crippen LogP contribution in [0, 0.1) is 5.92 Å². The zero-order valence-electron chi connectivity index (χ0n) is 19.6. The summed E-state index contributed by atoms with van der Waals surface area (Å²) in [6.07, 6.45) is -2.11. The summed E-state index contributed by atoms with van der Waals surface area (Å²) in [7, 11) is 0. The summed E-state index contributed by atoms with van der Waals surface area (Å²) >= 11 is 0. The molecule has 0 aliphatic heterocycles. The maximum Gasteiger partial charge on any atom is 0.326 e. The first kappa shape index (κ1) is 30.7. The molecule has 5 amide bonds. The van der Waals surface area contributed by atoms with Crippen molar-refractivity contribution < 1.29 is 39.0 Å². The van der Waals surface area contributed by atoms with Crippen LogP contribution in [0.15, 0.2) is 0 Å². The van der Waals surface area contributed by atoms with Gasteiger partial charge in [0.25, 0.3) is 0 Å². The van der Waals surface area contributed by atoms with Crippen LogP contribution in [-0.2, 0) is 28.8 Å². The number of carbonyl (C=O) groups excluding carboxylic acids is 5. The standard InChI is InChI=1S/C20H36N6O8/c1-9(2)8-13(20(33)34)25-18(31)12(5-7-15(23)29)24-19(32)16(10(3)27)26-17(30)11(21)4-6-14(22)28/h9-13,16,27H,4-8,21H2,1-3H3,(H2,22,28)(H2,23,29)(H,24,32)(H,25,31)(H,26,30)(H,33,34). The minimum atomic E-state index is -1.54. The van der Waals surface area contributed by atoms with Gasteiger partial charge in [0.15, 0.2) is 0 Å². The molecule has 0 fully saturated rings. The van der Waals surface area contributed by atoms with Crippen LogP contribution in [0.4, 0.5) is 0 Å². The number of nitrogens with one attached hydrogen (secondary N) is 3. The van der Waals surface area contributed by atoms with Crippen LogP contribution in [0.5, 0.6) is 0 Å². The average molecular weight is 489 g/mol. The molecule has 0 saturated carbocycles. The van der Waals surface area contributed by atoms with Crippen LogP contribution < -0.4 is 33.2 Å². The van der Waals surface area contributed by atoms with Gasteiger partial charge in [0.2, 0.25) is 29.5 Å². The van der Waals surface area contributed by atoms with Gasteiger partial charge in [-0.3, -0.25) is 24.0 Å². The van der Waals surface area contributed by atoms with E-state index in [4.69, 9.17) is 17.2 Å². The molecule has 11 N–H and O–H groups in total. The number of carboxylic acids is 1. The lowest BCUT2D eigenvalue weighted by molar-refractivity contribution is -0.143. The van der Waals surface area contributed by atoms with E-state index in [1.54, 1.807) is 13.8 Å². The second-order valence-electron chi connectivity index (χ2n) is 8.43. The van der Waals surface area contributed by atoms with Crippen molar-refractivity contribution in [2.75, 3.05) is 0 Å². The first-order chi connectivity index (χ1) is 15.6. The van der Waals surface area contributed by atoms with Crippen molar-refractivity contribution in [2.24, 2.45) is 23.1 Å². The van der Waals surface area contributed by atoms with Crippen LogP contribution in [-0.4, -0.2) is 76.0 Å². The number of hydrogen-bond donors (Lipinski definition) is 8. The number of aliphatic hydroxyl groups is 1. The van der Waals surface area contributed by atoms with E-state index in [2.05, 4.69) is 16.0 Å². The second kappa shape index (κ2) is 14.8. The maximum atomic E-state index is 12.8. The van der Waals surface area contributed by atoms with E-state index in [0.717, 1.165) is 0 Å². The highest BCUT2D eigenvalue weighted by molar-refractivity contribution is 5.94. The summed E-state index contributed by atoms with van der Waals surface area (Å²) in [6, 6.07) is -5.35. The maximum absolute atomic E-state index is 12.8. The number of nitrogens with two attached hydrogens (primary N) is 3. The monoisotopic (exact) mass is 488 g/mol. The normalized spacial score (nSPS) is 15.4. The zero-order valence-corrected chi connectivity index (χ0v) is 19.6. The van der Waals surface area contributed by atoms with E-state index in [1.807, 2.05) is 0 Å². The number of primary amides is 2. The van der Waals surface area contributed by atoms with Crippen molar-refractivity contribution >= 4 is 35.5 Å². The SMILES string of the molecule is CC(C)CC(NC(=O)C(CCC(N)=O)NC(=O)C(NC(=O)C(N)CCC(N)=O)C(C)O)C(=O)O. The van der Waals surface area contributed by atoms with E-state index in [-0.39, 0.29) is 38.0 Å². The number of aliphatic carboxylic acids is 1. The number of rotatable bonds is 16. The molecule has 0 saturated heterocycles. The third-order valence-corrected chi connectivity index (χ3v) is 4.74. The average Bonchev–Trinajstić information content (AvgIpc) is 2.71. The Balaban J connectivity index is 5.47. The number of amides is 5. The molecule has 0 radical (unpaired) electrons. The Hall–Kier alpha value is -3.26. The summed E-state index contributed by atoms with van der Waals surface area (Å²) in [5.74, 6) is -5.47. The second-order valence-corrected chi connectivity index (χ2v) is 8.43. The Morgan fingerprint density at radius 2 is 1.26 bits per heavy atom. The molecular formula is C20H36N6O8. The van der Waals surface area contributed by atoms with Gasteiger partial charge < -0.3 is 43.4 Å². The van der Waals surface area contributed by atoms with Crippen LogP contribution in [0.1, 0.15) is 52.9 Å². The van der Waals surface area contributed by atoms with Crippen LogP contribution in [0.3, 0.4) is 0 Å². The predicted octanol–water partition coefficient (Wildman–Crippen LogP) is -3.19. The topological polar surface area (TPSA) is 257 Å². The van der Waals surface area contributed by atoms with E-state index in [9.17, 15) is 39.0 Å². The summed E-state index contributed by atoms with van der Waals surface area (Å²) in [5.41, 5.74) is 15.8. The number of carboxylic acid groups (broad SMARTS) is 1. The first-order valence-corrected chi connectivity index (χ1v) is 10.8. The molecule has 0 rings (SSSR count). The predicted molar refractivity (Wildman–Crippen MR) is 119 cm³/mol. The van der Waals surface area contributed by atoms with Crippen molar-refractivity contribution in [3.8, 4) is 0 Å². The summed E-state index contributed by atoms with van der Waals surface area (Å²) < 4.78 is 0. The first-order valence-electron chi connectivity index (χ1n) is 10.8. The molecule has 0 aromatic carbocycles. The van der Waals surface area contributed by atoms with E-state index in [0.29, 0.717) is 0 Å². The Morgan fingerprint density at radius 1 is 0.765 bits per heavy atom. The van der Waals surface area contributed by atoms with Crippen molar-refractivity contribution in [3.63, 3.8) is 0 Å². The van der Waals surface area contributed by atoms with E-state index >= 15 is 0 Å². The van der Waals surface area contributed by atoms with Gasteiger partial charge in [-0.05, 0) is 32.1 Å². The molecule has 14 nitrogen and oxygen atoms in total. The molecule has 0 aliphatic rings. The third kappa shape index (κ3) is 12.1. The lowest BCUT2D eigenvalue weighted by atomic mass is 10.0. The summed E-state index contributed by atoms with van der Waals surface area (Å²) in [4.78, 5) is 71.2. The van der Waals surface area contributed by atoms with Gasteiger partial charge in [-0.1, -0.05) is 13.8 Å². The fourth-order valence-corrected chi connectivity index (χ4v) is 2.88. The Morgan fingerprint density at radius 3 is 1.71 bits per heavy atom. The largest absolute Gasteiger partial charge is 0.480 e. The Bertz CT molecular complexity index is 757. The molecule has 0 bridgehead atoms. The highest BCUT2D eigenvalue weighted by Crippen LogP contribution is 2.07. The van der Waals surface area contributed by atoms with Crippen LogP contribution in [0.25, 0.3) is 0 Å². The molecule has 194 valence electrons. The van der Waals surface area contributed by atoms with Gasteiger partial charge in [0.1, 0.15) is 18.1 Å². The minimum Gasteiger partial charge on any atom is -0.480 e. The molecule has 34 heavy (non-hydrogen) atoms. The van der Waals surface area contributed by atoms with Gasteiger partial charge >= 0.3 is 5.97 Å². The van der Waals surface area contributed by atoms with Gasteiger partial charge in [-0.15, -0.1) is 0 Å². The molecule has 14 heteroatoms. The molecule has 0 aromatic rings. The van der Waals surface area contributed by atoms with E-state index in [1.165, 1.54) is 6.92 Å². The zero-order chi connectivity index (χ0) is 26.6. The summed E-state index contributed by atoms with van der Waals surface area (Å²) in [6.45, 7) is 4.73. The minimum absolute atomic E-state index is 0.0614. The highest BCUT2D eigenvalue weighted by atomic mass is 16.4. The lowest BCUT2D eigenvalue weighted by Gasteiger charge is -2.26. The van der Waals surface area contributed by atoms with Gasteiger partial charge in [-0.2, -0.15) is 0 Å². The van der Waals surface area contributed by atoms with Crippen molar-refractivity contribution in [3.05, 3.63) is 0 Å². The quantitative estimate of drug-likeness (QED) is 0.109. The van der Waals surface area contributed by atoms with Gasteiger partial charge in [0.05, 0.1) is 12.1 Å². The molecule has 0 aromatic heterocycles. The summed E-state index contributed by atoms with van der Waals surface area (Å²) in [5, 5.41) is 26.2. The van der Waals surface area contributed by atoms with Crippen molar-refractivity contribution in [1.82, 2.24) is 16.0 Å². The van der Waals surface area contributed by atoms with Gasteiger partial charge in [0, 0.05) is 12.8 Å². The fraction of sp³-hybridized carbons (Fsp3) is 0.700. The molecular weight excluding hydrogens is 452 g/mol. The van der Waals surface area contributed by atoms with Crippen LogP contribution >= 0.6 is 0 Å². The van der Waals surface area contributed by atoms with E-state index < -0.39 is 65.8 Å². The molecule has 0 heterocycles. The molecule has 5 atom stereocenters. The number of carbonyl (C=O) groups is 6. The van der Waals surface area contributed by atoms with Gasteiger partial charge in [-0.25, -0.2) is 4.79 Å². The number of hydrogen-bond acceptors (Lipinski definition) is 8. The third-order valence-electron chi connectivity index (χ3n) is 4.74. The van der Waals surface area contributed by atoms with Crippen molar-refractivity contribution in [2.45, 2.75) is 83.1 Å².